The first-order valence-electron chi connectivity index (χ1n) is 12.1. The maximum absolute atomic E-state index is 12.5. The molecule has 2 atom stereocenters. The topological polar surface area (TPSA) is 51.1 Å². The van der Waals surface area contributed by atoms with Gasteiger partial charge in [0.25, 0.3) is 0 Å². The van der Waals surface area contributed by atoms with Crippen molar-refractivity contribution in [2.24, 2.45) is 5.10 Å². The molecule has 2 aliphatic heterocycles. The molecule has 178 valence electrons. The van der Waals surface area contributed by atoms with Crippen molar-refractivity contribution in [1.29, 1.82) is 0 Å². The number of nitrogens with zero attached hydrogens (tertiary/aromatic N) is 2. The van der Waals surface area contributed by atoms with E-state index in [1.807, 2.05) is 49.4 Å². The third-order valence-electron chi connectivity index (χ3n) is 6.75. The van der Waals surface area contributed by atoms with Gasteiger partial charge in [0.15, 0.2) is 0 Å². The van der Waals surface area contributed by atoms with E-state index in [2.05, 4.69) is 42.3 Å². The average Bonchev–Trinajstić information content (AvgIpc) is 3.35. The Morgan fingerprint density at radius 1 is 0.861 bits per heavy atom. The van der Waals surface area contributed by atoms with Gasteiger partial charge in [0.2, 0.25) is 6.23 Å². The number of hydrogen-bond donors (Lipinski definition) is 0. The van der Waals surface area contributed by atoms with Crippen LogP contribution >= 0.6 is 0 Å². The van der Waals surface area contributed by atoms with Crippen LogP contribution in [-0.2, 0) is 0 Å². The summed E-state index contributed by atoms with van der Waals surface area (Å²) in [6.07, 6.45) is 0.432. The van der Waals surface area contributed by atoms with Crippen LogP contribution in [0.25, 0.3) is 0 Å². The lowest BCUT2D eigenvalue weighted by Crippen LogP contribution is -2.33. The second-order valence-corrected chi connectivity index (χ2v) is 9.35. The summed E-state index contributed by atoms with van der Waals surface area (Å²) in [5.41, 5.74) is 7.11. The number of aryl methyl sites for hydroxylation is 2. The van der Waals surface area contributed by atoms with E-state index in [4.69, 9.17) is 14.6 Å². The van der Waals surface area contributed by atoms with E-state index in [-0.39, 0.29) is 18.2 Å². The molecule has 5 nitrogen and oxygen atoms in total. The number of rotatable bonds is 4. The van der Waals surface area contributed by atoms with Crippen LogP contribution in [0.5, 0.6) is 11.5 Å². The van der Waals surface area contributed by atoms with Crippen LogP contribution in [0.3, 0.4) is 0 Å². The lowest BCUT2D eigenvalue weighted by atomic mass is 9.95. The van der Waals surface area contributed by atoms with E-state index in [0.717, 1.165) is 40.1 Å². The number of ether oxygens (including phenoxy) is 2. The summed E-state index contributed by atoms with van der Waals surface area (Å²) in [5.74, 6) is 0.985. The molecular formula is C31H26N2O3. The second kappa shape index (κ2) is 9.00. The Kier molecular flexibility index (Phi) is 5.53. The molecule has 4 aromatic rings. The molecule has 0 N–H and O–H groups in total. The normalized spacial score (nSPS) is 18.1. The van der Waals surface area contributed by atoms with Gasteiger partial charge in [-0.15, -0.1) is 0 Å². The molecule has 0 fully saturated rings. The van der Waals surface area contributed by atoms with Crippen LogP contribution in [-0.4, -0.2) is 16.7 Å². The first kappa shape index (κ1) is 22.1. The van der Waals surface area contributed by atoms with Crippen molar-refractivity contribution in [2.45, 2.75) is 32.5 Å². The fraction of sp³-hybridized carbons (Fsp3) is 0.161. The van der Waals surface area contributed by atoms with Crippen LogP contribution in [0, 0.1) is 13.8 Å². The summed E-state index contributed by atoms with van der Waals surface area (Å²) in [6, 6.07) is 31.6. The quantitative estimate of drug-likeness (QED) is 0.242. The zero-order chi connectivity index (χ0) is 24.6. The number of esters is 1. The smallest absolute Gasteiger partial charge is 0.343 e. The Morgan fingerprint density at radius 2 is 1.53 bits per heavy atom. The summed E-state index contributed by atoms with van der Waals surface area (Å²) >= 11 is 0. The minimum Gasteiger partial charge on any atom is -0.464 e. The fourth-order valence-corrected chi connectivity index (χ4v) is 4.73. The van der Waals surface area contributed by atoms with Crippen molar-refractivity contribution in [3.63, 3.8) is 0 Å². The molecule has 0 aliphatic carbocycles. The molecule has 0 saturated carbocycles. The van der Waals surface area contributed by atoms with Gasteiger partial charge in [-0.3, -0.25) is 0 Å². The number of para-hydroxylation sites is 1. The predicted octanol–water partition coefficient (Wildman–Crippen LogP) is 6.76. The number of hydrazone groups is 1. The first-order chi connectivity index (χ1) is 17.5. The van der Waals surface area contributed by atoms with E-state index < -0.39 is 0 Å². The number of benzene rings is 4. The highest BCUT2D eigenvalue weighted by molar-refractivity contribution is 6.02. The molecule has 0 aromatic heterocycles. The molecule has 6 rings (SSSR count). The van der Waals surface area contributed by atoms with Crippen molar-refractivity contribution in [3.8, 4) is 11.5 Å². The van der Waals surface area contributed by atoms with Crippen molar-refractivity contribution in [2.75, 3.05) is 0 Å². The van der Waals surface area contributed by atoms with E-state index in [1.165, 1.54) is 5.56 Å². The van der Waals surface area contributed by atoms with Crippen LogP contribution in [0.2, 0.25) is 0 Å². The summed E-state index contributed by atoms with van der Waals surface area (Å²) in [4.78, 5) is 12.5. The van der Waals surface area contributed by atoms with Crippen molar-refractivity contribution >= 4 is 11.7 Å². The fourth-order valence-electron chi connectivity index (χ4n) is 4.73. The van der Waals surface area contributed by atoms with Gasteiger partial charge >= 0.3 is 5.97 Å². The number of carbonyl (C=O) groups is 1. The predicted molar refractivity (Wildman–Crippen MR) is 139 cm³/mol. The molecule has 0 amide bonds. The molecule has 36 heavy (non-hydrogen) atoms. The molecule has 0 spiro atoms. The second-order valence-electron chi connectivity index (χ2n) is 9.35. The Hall–Kier alpha value is -4.38. The highest BCUT2D eigenvalue weighted by atomic mass is 16.5. The van der Waals surface area contributed by atoms with Crippen LogP contribution in [0.1, 0.15) is 56.9 Å². The van der Waals surface area contributed by atoms with Crippen molar-refractivity contribution in [1.82, 2.24) is 5.01 Å². The van der Waals surface area contributed by atoms with Gasteiger partial charge in [0.05, 0.1) is 17.3 Å². The largest absolute Gasteiger partial charge is 0.464 e. The van der Waals surface area contributed by atoms with Gasteiger partial charge in [-0.25, -0.2) is 9.80 Å². The summed E-state index contributed by atoms with van der Waals surface area (Å²) in [7, 11) is 0. The van der Waals surface area contributed by atoms with E-state index in [9.17, 15) is 4.79 Å². The van der Waals surface area contributed by atoms with Gasteiger partial charge in [0, 0.05) is 17.5 Å². The standard InChI is InChI=1S/C31H26N2O3/c1-20-7-11-22(12-8-20)27-19-28-26-5-3-4-6-29(26)36-30(33(28)32-27)23-15-17-25(18-16-23)35-31(34)24-13-9-21(2)10-14-24/h3-18,28,30H,19H2,1-2H3. The molecule has 2 aliphatic rings. The van der Waals surface area contributed by atoms with Gasteiger partial charge < -0.3 is 9.47 Å². The number of hydrogen-bond acceptors (Lipinski definition) is 5. The van der Waals surface area contributed by atoms with Gasteiger partial charge in [0.1, 0.15) is 11.5 Å². The van der Waals surface area contributed by atoms with Gasteiger partial charge in [-0.1, -0.05) is 65.7 Å². The van der Waals surface area contributed by atoms with Crippen LogP contribution < -0.4 is 9.47 Å². The van der Waals surface area contributed by atoms with Gasteiger partial charge in [-0.05, 0) is 61.9 Å². The minimum atomic E-state index is -0.380. The molecule has 2 heterocycles. The van der Waals surface area contributed by atoms with E-state index in [0.29, 0.717) is 11.3 Å². The zero-order valence-electron chi connectivity index (χ0n) is 20.2. The Balaban J connectivity index is 1.28. The number of fused-ring (bicyclic) bond motifs is 3. The average molecular weight is 475 g/mol. The maximum Gasteiger partial charge on any atom is 0.343 e. The Morgan fingerprint density at radius 3 is 2.25 bits per heavy atom. The third-order valence-corrected chi connectivity index (χ3v) is 6.75. The zero-order valence-corrected chi connectivity index (χ0v) is 20.2. The molecule has 5 heteroatoms. The molecule has 2 unspecified atom stereocenters. The highest BCUT2D eigenvalue weighted by Crippen LogP contribution is 2.47. The summed E-state index contributed by atoms with van der Waals surface area (Å²) < 4.78 is 12.0. The van der Waals surface area contributed by atoms with Crippen molar-refractivity contribution < 1.29 is 14.3 Å². The third kappa shape index (κ3) is 4.13. The first-order valence-corrected chi connectivity index (χ1v) is 12.1. The summed E-state index contributed by atoms with van der Waals surface area (Å²) in [5, 5.41) is 7.08. The molecule has 4 aromatic carbocycles. The lowest BCUT2D eigenvalue weighted by molar-refractivity contribution is -0.0190. The van der Waals surface area contributed by atoms with E-state index >= 15 is 0 Å². The monoisotopic (exact) mass is 474 g/mol. The molecule has 0 saturated heterocycles. The maximum atomic E-state index is 12.5. The molecule has 0 radical (unpaired) electrons. The van der Waals surface area contributed by atoms with E-state index in [1.54, 1.807) is 24.3 Å². The molecular weight excluding hydrogens is 448 g/mol. The summed E-state index contributed by atoms with van der Waals surface area (Å²) in [6.45, 7) is 4.07. The molecule has 0 bridgehead atoms. The Labute approximate surface area is 210 Å². The van der Waals surface area contributed by atoms with Gasteiger partial charge in [-0.2, -0.15) is 5.10 Å². The lowest BCUT2D eigenvalue weighted by Gasteiger charge is -2.38. The minimum absolute atomic E-state index is 0.0929. The highest BCUT2D eigenvalue weighted by Gasteiger charge is 2.40. The van der Waals surface area contributed by atoms with Crippen molar-refractivity contribution in [3.05, 3.63) is 130 Å². The number of carbonyl (C=O) groups excluding carboxylic acids is 1. The Bertz CT molecular complexity index is 1440. The van der Waals surface area contributed by atoms with Crippen LogP contribution in [0.15, 0.2) is 102 Å². The van der Waals surface area contributed by atoms with Crippen LogP contribution in [0.4, 0.5) is 0 Å². The SMILES string of the molecule is Cc1ccc(C(=O)Oc2ccc(C3Oc4ccccc4C4CC(c5ccc(C)cc5)=NN43)cc2)cc1.